The Labute approximate surface area is 62.7 Å². The lowest BCUT2D eigenvalue weighted by Gasteiger charge is -1.90. The van der Waals surface area contributed by atoms with Gasteiger partial charge < -0.3 is 5.73 Å². The molecular weight excluding hydrogens is 146 g/mol. The van der Waals surface area contributed by atoms with Crippen LogP contribution in [0.15, 0.2) is 24.3 Å². The van der Waals surface area contributed by atoms with Gasteiger partial charge in [-0.05, 0) is 17.7 Å². The van der Waals surface area contributed by atoms with E-state index in [0.717, 1.165) is 5.56 Å². The summed E-state index contributed by atoms with van der Waals surface area (Å²) < 4.78 is 9.96. The monoisotopic (exact) mass is 152 g/mol. The fourth-order valence-corrected chi connectivity index (χ4v) is 0.832. The summed E-state index contributed by atoms with van der Waals surface area (Å²) in [6.45, 7) is 0. The Morgan fingerprint density at radius 2 is 1.90 bits per heavy atom. The Morgan fingerprint density at radius 3 is 2.40 bits per heavy atom. The van der Waals surface area contributed by atoms with Gasteiger partial charge in [0.25, 0.3) is 0 Å². The topological polar surface area (TPSA) is 43.1 Å². The van der Waals surface area contributed by atoms with Crippen molar-refractivity contribution in [3.05, 3.63) is 29.8 Å². The minimum Gasteiger partial charge on any atom is -0.399 e. The smallest absolute Gasteiger partial charge is 0.0988 e. The summed E-state index contributed by atoms with van der Waals surface area (Å²) in [6, 6.07) is 6.97. The van der Waals surface area contributed by atoms with Crippen molar-refractivity contribution in [1.82, 2.24) is 0 Å². The third-order valence-electron chi connectivity index (χ3n) is 1.07. The molecule has 1 aromatic rings. The summed E-state index contributed by atoms with van der Waals surface area (Å²) in [5.74, 6) is 0. The molecule has 2 N–H and O–H groups in total. The number of hydrogen-bond donors (Lipinski definition) is 1. The van der Waals surface area contributed by atoms with Gasteiger partial charge in [-0.15, -0.1) is 0 Å². The van der Waals surface area contributed by atoms with E-state index in [1.807, 2.05) is 0 Å². The molecule has 0 aromatic heterocycles. The van der Waals surface area contributed by atoms with Crippen LogP contribution in [0.4, 0.5) is 5.69 Å². The summed E-state index contributed by atoms with van der Waals surface area (Å²) in [5, 5.41) is 2.54. The molecule has 10 heavy (non-hydrogen) atoms. The fraction of sp³-hybridized carbons (Fsp3) is 0. The number of nitrogen functional groups attached to an aromatic ring is 1. The van der Waals surface area contributed by atoms with E-state index in [2.05, 4.69) is 5.37 Å². The molecule has 0 amide bonds. The molecule has 0 bridgehead atoms. The molecule has 0 aliphatic heterocycles. The van der Waals surface area contributed by atoms with Crippen molar-refractivity contribution in [3.8, 4) is 0 Å². The maximum Gasteiger partial charge on any atom is 0.0988 e. The number of benzene rings is 1. The van der Waals surface area contributed by atoms with E-state index in [1.54, 1.807) is 24.3 Å². The third kappa shape index (κ3) is 1.70. The lowest BCUT2D eigenvalue weighted by Crippen LogP contribution is -1.84. The predicted octanol–water partition coefficient (Wildman–Crippen LogP) is 0.509. The molecule has 0 unspecified atom stereocenters. The normalized spacial score (nSPS) is 8.80. The quantitative estimate of drug-likeness (QED) is 0.470. The molecule has 0 heterocycles. The molecule has 0 atom stereocenters. The van der Waals surface area contributed by atoms with Crippen LogP contribution in [-0.4, -0.2) is 9.58 Å². The molecule has 3 heteroatoms. The van der Waals surface area contributed by atoms with E-state index >= 15 is 0 Å². The van der Waals surface area contributed by atoms with Gasteiger partial charge in [0.2, 0.25) is 0 Å². The van der Waals surface area contributed by atoms with Crippen molar-refractivity contribution in [1.29, 1.82) is 0 Å². The van der Waals surface area contributed by atoms with Gasteiger partial charge in [0, 0.05) is 5.69 Å². The SMILES string of the molecule is Nc1ccc([C]=S=O)cc1. The number of rotatable bonds is 1. The predicted molar refractivity (Wildman–Crippen MR) is 43.1 cm³/mol. The Hall–Kier alpha value is -1.09. The van der Waals surface area contributed by atoms with Crippen LogP contribution in [0.1, 0.15) is 5.56 Å². The lowest BCUT2D eigenvalue weighted by molar-refractivity contribution is 0.701. The molecule has 2 nitrogen and oxygen atoms in total. The molecule has 1 radical (unpaired) electrons. The van der Waals surface area contributed by atoms with Crippen molar-refractivity contribution in [2.24, 2.45) is 0 Å². The van der Waals surface area contributed by atoms with Crippen molar-refractivity contribution in [2.45, 2.75) is 0 Å². The van der Waals surface area contributed by atoms with E-state index < -0.39 is 0 Å². The van der Waals surface area contributed by atoms with Gasteiger partial charge in [0.05, 0.1) is 16.6 Å². The summed E-state index contributed by atoms with van der Waals surface area (Å²) in [7, 11) is 0. The third-order valence-corrected chi connectivity index (χ3v) is 1.39. The van der Waals surface area contributed by atoms with E-state index in [9.17, 15) is 4.21 Å². The number of hydrogen-bond acceptors (Lipinski definition) is 2. The first-order chi connectivity index (χ1) is 4.83. The molecule has 0 spiro atoms. The van der Waals surface area contributed by atoms with Crippen LogP contribution in [0.5, 0.6) is 0 Å². The zero-order chi connectivity index (χ0) is 7.40. The van der Waals surface area contributed by atoms with Crippen molar-refractivity contribution >= 4 is 22.3 Å². The summed E-state index contributed by atoms with van der Waals surface area (Å²) in [4.78, 5) is 0. The maximum atomic E-state index is 9.96. The molecule has 1 rings (SSSR count). The number of nitrogens with two attached hydrogens (primary N) is 1. The zero-order valence-corrected chi connectivity index (χ0v) is 6.02. The average molecular weight is 152 g/mol. The molecule has 0 saturated carbocycles. The van der Waals surface area contributed by atoms with Gasteiger partial charge in [-0.3, -0.25) is 0 Å². The Kier molecular flexibility index (Phi) is 2.23. The molecule has 0 aliphatic carbocycles. The van der Waals surface area contributed by atoms with Crippen molar-refractivity contribution < 1.29 is 4.21 Å². The summed E-state index contributed by atoms with van der Waals surface area (Å²) >= 11 is 0.320. The molecule has 0 aliphatic rings. The second-order valence-corrected chi connectivity index (χ2v) is 2.18. The first-order valence-electron chi connectivity index (χ1n) is 2.73. The van der Waals surface area contributed by atoms with Crippen LogP contribution in [0, 0.1) is 0 Å². The standard InChI is InChI=1S/C7H6NOS/c8-7-3-1-6(2-4-7)5-10-9/h1-4H,8H2. The highest BCUT2D eigenvalue weighted by molar-refractivity contribution is 7.65. The number of anilines is 1. The highest BCUT2D eigenvalue weighted by Gasteiger charge is 1.85. The summed E-state index contributed by atoms with van der Waals surface area (Å²) in [5.41, 5.74) is 6.88. The largest absolute Gasteiger partial charge is 0.399 e. The Balaban J connectivity index is 3.00. The van der Waals surface area contributed by atoms with Crippen LogP contribution in [-0.2, 0) is 11.3 Å². The molecule has 51 valence electrons. The average Bonchev–Trinajstić information content (AvgIpc) is 1.95. The molecule has 0 saturated heterocycles. The van der Waals surface area contributed by atoms with Crippen molar-refractivity contribution in [2.75, 3.05) is 5.73 Å². The highest BCUT2D eigenvalue weighted by Crippen LogP contribution is 2.01. The van der Waals surface area contributed by atoms with Crippen LogP contribution in [0.25, 0.3) is 0 Å². The minimum atomic E-state index is 0.320. The van der Waals surface area contributed by atoms with Gasteiger partial charge >= 0.3 is 0 Å². The summed E-state index contributed by atoms with van der Waals surface area (Å²) in [6.07, 6.45) is 0. The molecule has 1 aromatic carbocycles. The van der Waals surface area contributed by atoms with Gasteiger partial charge in [0.1, 0.15) is 0 Å². The Morgan fingerprint density at radius 1 is 1.30 bits per heavy atom. The van der Waals surface area contributed by atoms with Crippen molar-refractivity contribution in [3.63, 3.8) is 0 Å². The second-order valence-electron chi connectivity index (χ2n) is 1.81. The van der Waals surface area contributed by atoms with E-state index in [0.29, 0.717) is 16.9 Å². The van der Waals surface area contributed by atoms with E-state index in [1.165, 1.54) is 0 Å². The maximum absolute atomic E-state index is 9.96. The van der Waals surface area contributed by atoms with Crippen LogP contribution < -0.4 is 5.73 Å². The highest BCUT2D eigenvalue weighted by atomic mass is 32.1. The minimum absolute atomic E-state index is 0.320. The van der Waals surface area contributed by atoms with Gasteiger partial charge in [-0.25, -0.2) is 4.21 Å². The van der Waals surface area contributed by atoms with Gasteiger partial charge in [-0.1, -0.05) is 12.1 Å². The second kappa shape index (κ2) is 3.17. The molecule has 0 fully saturated rings. The van der Waals surface area contributed by atoms with Crippen LogP contribution in [0.2, 0.25) is 0 Å². The first kappa shape index (κ1) is 7.02. The van der Waals surface area contributed by atoms with Gasteiger partial charge in [-0.2, -0.15) is 0 Å². The molecular formula is C7H6NOS. The van der Waals surface area contributed by atoms with Gasteiger partial charge in [0.15, 0.2) is 0 Å². The Bertz CT molecular complexity index is 261. The fourth-order valence-electron chi connectivity index (χ4n) is 0.599. The van der Waals surface area contributed by atoms with Crippen LogP contribution in [0.3, 0.4) is 0 Å². The van der Waals surface area contributed by atoms with E-state index in [-0.39, 0.29) is 0 Å². The van der Waals surface area contributed by atoms with E-state index in [4.69, 9.17) is 5.73 Å². The van der Waals surface area contributed by atoms with Crippen LogP contribution >= 0.6 is 0 Å². The zero-order valence-electron chi connectivity index (χ0n) is 5.20. The first-order valence-corrected chi connectivity index (χ1v) is 3.47. The lowest BCUT2D eigenvalue weighted by atomic mass is 10.2.